The predicted octanol–water partition coefficient (Wildman–Crippen LogP) is 1.05. The third-order valence-electron chi connectivity index (χ3n) is 4.42. The quantitative estimate of drug-likeness (QED) is 0.756. The number of aryl methyl sites for hydroxylation is 1. The molecule has 9 heteroatoms. The van der Waals surface area contributed by atoms with Gasteiger partial charge in [-0.3, -0.25) is 9.89 Å². The molecule has 0 aliphatic carbocycles. The molecule has 2 aromatic rings. The standard InChI is InChI=1S/C18H24N6O3/c1-3-5-14-12-15(22-21-14)17(26)27-13(2)16(25)23-8-10-24(11-9-23)18-19-6-4-7-20-18/h4,6-7,12-13H,3,5,8-11H2,1-2H3,(H,21,22). The smallest absolute Gasteiger partial charge is 0.359 e. The number of aromatic amines is 1. The van der Waals surface area contributed by atoms with Gasteiger partial charge in [-0.15, -0.1) is 0 Å². The number of nitrogens with zero attached hydrogens (tertiary/aromatic N) is 5. The number of aromatic nitrogens is 4. The van der Waals surface area contributed by atoms with Gasteiger partial charge in [0, 0.05) is 44.3 Å². The second kappa shape index (κ2) is 8.61. The van der Waals surface area contributed by atoms with Crippen molar-refractivity contribution in [3.05, 3.63) is 35.9 Å². The lowest BCUT2D eigenvalue weighted by Crippen LogP contribution is -2.52. The third-order valence-corrected chi connectivity index (χ3v) is 4.42. The molecule has 1 N–H and O–H groups in total. The molecule has 1 unspecified atom stereocenters. The van der Waals surface area contributed by atoms with E-state index in [1.54, 1.807) is 36.4 Å². The van der Waals surface area contributed by atoms with Gasteiger partial charge in [0.1, 0.15) is 0 Å². The highest BCUT2D eigenvalue weighted by Gasteiger charge is 2.28. The lowest BCUT2D eigenvalue weighted by molar-refractivity contribution is -0.140. The highest BCUT2D eigenvalue weighted by molar-refractivity contribution is 5.90. The third kappa shape index (κ3) is 4.60. The number of nitrogens with one attached hydrogen (secondary N) is 1. The second-order valence-electron chi connectivity index (χ2n) is 6.44. The maximum atomic E-state index is 12.6. The molecular formula is C18H24N6O3. The summed E-state index contributed by atoms with van der Waals surface area (Å²) in [4.78, 5) is 37.0. The van der Waals surface area contributed by atoms with E-state index in [0.29, 0.717) is 32.1 Å². The molecule has 2 aromatic heterocycles. The zero-order valence-corrected chi connectivity index (χ0v) is 15.6. The van der Waals surface area contributed by atoms with Gasteiger partial charge in [0.2, 0.25) is 5.95 Å². The fraction of sp³-hybridized carbons (Fsp3) is 0.500. The van der Waals surface area contributed by atoms with Crippen LogP contribution in [0.15, 0.2) is 24.5 Å². The van der Waals surface area contributed by atoms with Gasteiger partial charge in [-0.2, -0.15) is 5.10 Å². The Morgan fingerprint density at radius 1 is 1.22 bits per heavy atom. The van der Waals surface area contributed by atoms with Crippen LogP contribution in [0, 0.1) is 0 Å². The summed E-state index contributed by atoms with van der Waals surface area (Å²) in [7, 11) is 0. The molecule has 144 valence electrons. The molecule has 1 saturated heterocycles. The van der Waals surface area contributed by atoms with Gasteiger partial charge in [-0.25, -0.2) is 14.8 Å². The van der Waals surface area contributed by atoms with Crippen LogP contribution in [0.1, 0.15) is 36.5 Å². The minimum absolute atomic E-state index is 0.198. The molecule has 1 aliphatic rings. The minimum atomic E-state index is -0.858. The molecule has 3 heterocycles. The second-order valence-corrected chi connectivity index (χ2v) is 6.44. The largest absolute Gasteiger partial charge is 0.448 e. The zero-order valence-electron chi connectivity index (χ0n) is 15.6. The summed E-state index contributed by atoms with van der Waals surface area (Å²) in [6, 6.07) is 3.44. The van der Waals surface area contributed by atoms with Crippen LogP contribution in [-0.4, -0.2) is 69.2 Å². The number of hydrogen-bond acceptors (Lipinski definition) is 7. The summed E-state index contributed by atoms with van der Waals surface area (Å²) >= 11 is 0. The molecule has 0 spiro atoms. The fourth-order valence-corrected chi connectivity index (χ4v) is 2.97. The number of piperazine rings is 1. The van der Waals surface area contributed by atoms with Crippen molar-refractivity contribution in [3.63, 3.8) is 0 Å². The molecule has 0 radical (unpaired) electrons. The van der Waals surface area contributed by atoms with E-state index in [4.69, 9.17) is 4.74 Å². The van der Waals surface area contributed by atoms with Crippen LogP contribution in [0.3, 0.4) is 0 Å². The summed E-state index contributed by atoms with van der Waals surface area (Å²) < 4.78 is 5.30. The molecule has 1 fully saturated rings. The van der Waals surface area contributed by atoms with Crippen LogP contribution in [-0.2, 0) is 16.0 Å². The van der Waals surface area contributed by atoms with Crippen LogP contribution < -0.4 is 4.90 Å². The van der Waals surface area contributed by atoms with E-state index < -0.39 is 12.1 Å². The monoisotopic (exact) mass is 372 g/mol. The molecule has 0 aromatic carbocycles. The Kier molecular flexibility index (Phi) is 6.00. The maximum absolute atomic E-state index is 12.6. The molecule has 1 aliphatic heterocycles. The summed E-state index contributed by atoms with van der Waals surface area (Å²) in [5.41, 5.74) is 1.08. The average molecular weight is 372 g/mol. The lowest BCUT2D eigenvalue weighted by Gasteiger charge is -2.35. The molecule has 1 amide bonds. The van der Waals surface area contributed by atoms with Crippen molar-refractivity contribution >= 4 is 17.8 Å². The molecule has 1 atom stereocenters. The highest BCUT2D eigenvalue weighted by atomic mass is 16.5. The maximum Gasteiger partial charge on any atom is 0.359 e. The normalized spacial score (nSPS) is 15.5. The molecule has 27 heavy (non-hydrogen) atoms. The van der Waals surface area contributed by atoms with E-state index in [1.165, 1.54) is 0 Å². The Morgan fingerprint density at radius 3 is 2.59 bits per heavy atom. The number of hydrogen-bond donors (Lipinski definition) is 1. The highest BCUT2D eigenvalue weighted by Crippen LogP contribution is 2.12. The van der Waals surface area contributed by atoms with Crippen molar-refractivity contribution in [2.24, 2.45) is 0 Å². The number of rotatable bonds is 6. The van der Waals surface area contributed by atoms with Gasteiger partial charge in [0.05, 0.1) is 0 Å². The molecular weight excluding hydrogens is 348 g/mol. The van der Waals surface area contributed by atoms with E-state index >= 15 is 0 Å². The number of esters is 1. The van der Waals surface area contributed by atoms with E-state index in [-0.39, 0.29) is 11.6 Å². The first-order chi connectivity index (χ1) is 13.1. The molecule has 3 rings (SSSR count). The van der Waals surface area contributed by atoms with Crippen LogP contribution in [0.25, 0.3) is 0 Å². The summed E-state index contributed by atoms with van der Waals surface area (Å²) in [6.07, 6.45) is 4.30. The van der Waals surface area contributed by atoms with Crippen molar-refractivity contribution in [2.45, 2.75) is 32.8 Å². The van der Waals surface area contributed by atoms with Crippen LogP contribution in [0.2, 0.25) is 0 Å². The van der Waals surface area contributed by atoms with Crippen molar-refractivity contribution in [1.29, 1.82) is 0 Å². The molecule has 9 nitrogen and oxygen atoms in total. The number of H-pyrrole nitrogens is 1. The average Bonchev–Trinajstić information content (AvgIpc) is 3.17. The van der Waals surface area contributed by atoms with E-state index in [1.807, 2.05) is 11.8 Å². The minimum Gasteiger partial charge on any atom is -0.448 e. The van der Waals surface area contributed by atoms with Gasteiger partial charge in [-0.1, -0.05) is 13.3 Å². The summed E-state index contributed by atoms with van der Waals surface area (Å²) in [6.45, 7) is 5.96. The Bertz CT molecular complexity index is 770. The Morgan fingerprint density at radius 2 is 1.93 bits per heavy atom. The van der Waals surface area contributed by atoms with E-state index in [9.17, 15) is 9.59 Å². The Labute approximate surface area is 157 Å². The van der Waals surface area contributed by atoms with Crippen molar-refractivity contribution < 1.29 is 14.3 Å². The molecule has 0 bridgehead atoms. The predicted molar refractivity (Wildman–Crippen MR) is 98.3 cm³/mol. The van der Waals surface area contributed by atoms with Crippen LogP contribution in [0.5, 0.6) is 0 Å². The number of ether oxygens (including phenoxy) is 1. The summed E-state index contributed by atoms with van der Waals surface area (Å²) in [5.74, 6) is -0.141. The number of anilines is 1. The SMILES string of the molecule is CCCc1cc(C(=O)OC(C)C(=O)N2CCN(c3ncccn3)CC2)n[nH]1. The van der Waals surface area contributed by atoms with Crippen LogP contribution >= 0.6 is 0 Å². The van der Waals surface area contributed by atoms with Crippen molar-refractivity contribution in [1.82, 2.24) is 25.1 Å². The number of carbonyl (C=O) groups excluding carboxylic acids is 2. The van der Waals surface area contributed by atoms with Gasteiger partial charge >= 0.3 is 5.97 Å². The summed E-state index contributed by atoms with van der Waals surface area (Å²) in [5, 5.41) is 6.77. The van der Waals surface area contributed by atoms with Crippen molar-refractivity contribution in [3.8, 4) is 0 Å². The fourth-order valence-electron chi connectivity index (χ4n) is 2.97. The Hall–Kier alpha value is -2.97. The zero-order chi connectivity index (χ0) is 19.2. The first-order valence-electron chi connectivity index (χ1n) is 9.14. The molecule has 0 saturated carbocycles. The first-order valence-corrected chi connectivity index (χ1v) is 9.14. The van der Waals surface area contributed by atoms with Gasteiger partial charge in [0.15, 0.2) is 11.8 Å². The topological polar surface area (TPSA) is 104 Å². The van der Waals surface area contributed by atoms with Gasteiger partial charge in [0.25, 0.3) is 5.91 Å². The van der Waals surface area contributed by atoms with E-state index in [0.717, 1.165) is 18.5 Å². The Balaban J connectivity index is 1.51. The van der Waals surface area contributed by atoms with Crippen LogP contribution in [0.4, 0.5) is 5.95 Å². The first kappa shape index (κ1) is 18.8. The van der Waals surface area contributed by atoms with Crippen molar-refractivity contribution in [2.75, 3.05) is 31.1 Å². The van der Waals surface area contributed by atoms with Gasteiger partial charge in [-0.05, 0) is 25.5 Å². The lowest BCUT2D eigenvalue weighted by atomic mass is 10.2. The van der Waals surface area contributed by atoms with E-state index in [2.05, 4.69) is 20.2 Å². The van der Waals surface area contributed by atoms with Gasteiger partial charge < -0.3 is 14.5 Å². The number of amides is 1. The number of carbonyl (C=O) groups is 2.